The molecule has 2 aromatic rings. The normalized spacial score (nSPS) is 23.1. The third-order valence-electron chi connectivity index (χ3n) is 3.73. The van der Waals surface area contributed by atoms with Gasteiger partial charge in [-0.15, -0.1) is 0 Å². The zero-order chi connectivity index (χ0) is 13.6. The Labute approximate surface area is 119 Å². The lowest BCUT2D eigenvalue weighted by Crippen LogP contribution is -2.17. The maximum atomic E-state index is 11.2. The van der Waals surface area contributed by atoms with Crippen LogP contribution in [0.4, 0.5) is 0 Å². The van der Waals surface area contributed by atoms with Crippen LogP contribution in [0.15, 0.2) is 12.1 Å². The Morgan fingerprint density at radius 2 is 2.05 bits per heavy atom. The van der Waals surface area contributed by atoms with Crippen LogP contribution >= 0.6 is 23.2 Å². The first-order valence-corrected chi connectivity index (χ1v) is 6.89. The van der Waals surface area contributed by atoms with E-state index in [4.69, 9.17) is 23.2 Å². The molecule has 0 amide bonds. The van der Waals surface area contributed by atoms with Crippen molar-refractivity contribution >= 4 is 40.2 Å². The van der Waals surface area contributed by atoms with Crippen LogP contribution in [0.1, 0.15) is 31.0 Å². The summed E-state index contributed by atoms with van der Waals surface area (Å²) in [6.45, 7) is 0. The topological polar surface area (TPSA) is 66.0 Å². The first-order valence-electron chi connectivity index (χ1n) is 6.13. The number of H-pyrrole nitrogens is 1. The van der Waals surface area contributed by atoms with Gasteiger partial charge in [-0.1, -0.05) is 29.6 Å². The molecule has 1 aliphatic rings. The average Bonchev–Trinajstić information content (AvgIpc) is 2.95. The Morgan fingerprint density at radius 3 is 2.79 bits per heavy atom. The summed E-state index contributed by atoms with van der Waals surface area (Å²) >= 11 is 11.9. The molecule has 6 heteroatoms. The van der Waals surface area contributed by atoms with E-state index in [9.17, 15) is 9.90 Å². The van der Waals surface area contributed by atoms with Gasteiger partial charge in [-0.25, -0.2) is 4.98 Å². The summed E-state index contributed by atoms with van der Waals surface area (Å²) in [5, 5.41) is 10.1. The van der Waals surface area contributed by atoms with E-state index < -0.39 is 5.97 Å². The molecule has 4 nitrogen and oxygen atoms in total. The predicted octanol–water partition coefficient (Wildman–Crippen LogP) is 3.84. The highest BCUT2D eigenvalue weighted by Gasteiger charge is 2.35. The fourth-order valence-electron chi connectivity index (χ4n) is 2.78. The van der Waals surface area contributed by atoms with Gasteiger partial charge in [0.25, 0.3) is 0 Å². The fraction of sp³-hybridized carbons (Fsp3) is 0.385. The number of hydrogen-bond acceptors (Lipinski definition) is 2. The van der Waals surface area contributed by atoms with Crippen molar-refractivity contribution in [3.8, 4) is 0 Å². The molecule has 0 saturated heterocycles. The third-order valence-corrected chi connectivity index (χ3v) is 4.45. The summed E-state index contributed by atoms with van der Waals surface area (Å²) in [5.41, 5.74) is 1.51. The molecule has 0 radical (unpaired) electrons. The van der Waals surface area contributed by atoms with Gasteiger partial charge >= 0.3 is 5.97 Å². The summed E-state index contributed by atoms with van der Waals surface area (Å²) in [7, 11) is 0. The minimum absolute atomic E-state index is 0.0533. The molecule has 1 aromatic carbocycles. The SMILES string of the molecule is O=C(O)C1CCCC1c1nc2cc(Cl)c(Cl)cc2[nH]1. The van der Waals surface area contributed by atoms with E-state index in [1.807, 2.05) is 0 Å². The monoisotopic (exact) mass is 298 g/mol. The molecule has 3 rings (SSSR count). The number of aliphatic carboxylic acids is 1. The fourth-order valence-corrected chi connectivity index (χ4v) is 3.10. The van der Waals surface area contributed by atoms with E-state index in [1.165, 1.54) is 0 Å². The molecule has 0 spiro atoms. The van der Waals surface area contributed by atoms with Crippen molar-refractivity contribution in [2.45, 2.75) is 25.2 Å². The highest BCUT2D eigenvalue weighted by Crippen LogP contribution is 2.39. The Kier molecular flexibility index (Phi) is 3.15. The Bertz CT molecular complexity index is 614. The van der Waals surface area contributed by atoms with E-state index in [1.54, 1.807) is 12.1 Å². The van der Waals surface area contributed by atoms with Crippen LogP contribution in [0, 0.1) is 5.92 Å². The first-order chi connectivity index (χ1) is 9.06. The smallest absolute Gasteiger partial charge is 0.307 e. The maximum absolute atomic E-state index is 11.2. The second-order valence-corrected chi connectivity index (χ2v) is 5.70. The van der Waals surface area contributed by atoms with Crippen LogP contribution in [0.2, 0.25) is 10.0 Å². The Hall–Kier alpha value is -1.26. The van der Waals surface area contributed by atoms with E-state index in [2.05, 4.69) is 9.97 Å². The number of benzene rings is 1. The molecule has 19 heavy (non-hydrogen) atoms. The number of nitrogens with zero attached hydrogens (tertiary/aromatic N) is 1. The van der Waals surface area contributed by atoms with Crippen molar-refractivity contribution < 1.29 is 9.90 Å². The minimum atomic E-state index is -0.751. The molecule has 1 aromatic heterocycles. The van der Waals surface area contributed by atoms with Gasteiger partial charge in [0, 0.05) is 5.92 Å². The number of nitrogens with one attached hydrogen (secondary N) is 1. The summed E-state index contributed by atoms with van der Waals surface area (Å²) < 4.78 is 0. The second-order valence-electron chi connectivity index (χ2n) is 4.89. The number of fused-ring (bicyclic) bond motifs is 1. The Morgan fingerprint density at radius 1 is 1.32 bits per heavy atom. The molecule has 1 saturated carbocycles. The zero-order valence-corrected chi connectivity index (χ0v) is 11.5. The van der Waals surface area contributed by atoms with Crippen molar-refractivity contribution in [3.63, 3.8) is 0 Å². The largest absolute Gasteiger partial charge is 0.481 e. The maximum Gasteiger partial charge on any atom is 0.307 e. The highest BCUT2D eigenvalue weighted by atomic mass is 35.5. The van der Waals surface area contributed by atoms with Gasteiger partial charge in [0.05, 0.1) is 27.0 Å². The van der Waals surface area contributed by atoms with Crippen LogP contribution in [0.3, 0.4) is 0 Å². The molecule has 2 unspecified atom stereocenters. The highest BCUT2D eigenvalue weighted by molar-refractivity contribution is 6.42. The van der Waals surface area contributed by atoms with Gasteiger partial charge in [0.2, 0.25) is 0 Å². The van der Waals surface area contributed by atoms with Crippen molar-refractivity contribution in [2.24, 2.45) is 5.92 Å². The standard InChI is InChI=1S/C13H12Cl2N2O2/c14-8-4-10-11(5-9(8)15)17-12(16-10)6-2-1-3-7(6)13(18)19/h4-7H,1-3H2,(H,16,17)(H,18,19). The molecule has 100 valence electrons. The van der Waals surface area contributed by atoms with Gasteiger partial charge < -0.3 is 10.1 Å². The van der Waals surface area contributed by atoms with E-state index in [0.717, 1.165) is 29.7 Å². The number of carboxylic acid groups (broad SMARTS) is 1. The summed E-state index contributed by atoms with van der Waals surface area (Å²) in [6, 6.07) is 3.42. The quantitative estimate of drug-likeness (QED) is 0.885. The number of carbonyl (C=O) groups is 1. The van der Waals surface area contributed by atoms with Gasteiger partial charge in [-0.3, -0.25) is 4.79 Å². The number of halogens is 2. The van der Waals surface area contributed by atoms with E-state index in [0.29, 0.717) is 16.5 Å². The number of imidazole rings is 1. The van der Waals surface area contributed by atoms with Crippen molar-refractivity contribution in [1.29, 1.82) is 0 Å². The third kappa shape index (κ3) is 2.19. The van der Waals surface area contributed by atoms with Crippen molar-refractivity contribution in [1.82, 2.24) is 9.97 Å². The molecule has 1 heterocycles. The van der Waals surface area contributed by atoms with Crippen LogP contribution in [0.5, 0.6) is 0 Å². The Balaban J connectivity index is 2.03. The molecule has 1 fully saturated rings. The minimum Gasteiger partial charge on any atom is -0.481 e. The second kappa shape index (κ2) is 4.69. The lowest BCUT2D eigenvalue weighted by Gasteiger charge is -2.12. The van der Waals surface area contributed by atoms with Gasteiger partial charge in [-0.2, -0.15) is 0 Å². The summed E-state index contributed by atoms with van der Waals surface area (Å²) in [6.07, 6.45) is 2.47. The van der Waals surface area contributed by atoms with E-state index >= 15 is 0 Å². The molecular weight excluding hydrogens is 287 g/mol. The molecule has 2 atom stereocenters. The summed E-state index contributed by atoms with van der Waals surface area (Å²) in [5.74, 6) is -0.439. The van der Waals surface area contributed by atoms with Crippen LogP contribution in [-0.4, -0.2) is 21.0 Å². The average molecular weight is 299 g/mol. The lowest BCUT2D eigenvalue weighted by molar-refractivity contribution is -0.142. The van der Waals surface area contributed by atoms with Crippen LogP contribution < -0.4 is 0 Å². The zero-order valence-electron chi connectivity index (χ0n) is 9.99. The predicted molar refractivity (Wildman–Crippen MR) is 73.8 cm³/mol. The number of carboxylic acids is 1. The van der Waals surface area contributed by atoms with E-state index in [-0.39, 0.29) is 11.8 Å². The van der Waals surface area contributed by atoms with Crippen LogP contribution in [-0.2, 0) is 4.79 Å². The van der Waals surface area contributed by atoms with Gasteiger partial charge in [0.1, 0.15) is 5.82 Å². The number of rotatable bonds is 2. The number of aromatic nitrogens is 2. The lowest BCUT2D eigenvalue weighted by atomic mass is 9.96. The number of aromatic amines is 1. The van der Waals surface area contributed by atoms with Crippen LogP contribution in [0.25, 0.3) is 11.0 Å². The van der Waals surface area contributed by atoms with Crippen molar-refractivity contribution in [2.75, 3.05) is 0 Å². The van der Waals surface area contributed by atoms with Crippen molar-refractivity contribution in [3.05, 3.63) is 28.0 Å². The molecular formula is C13H12Cl2N2O2. The van der Waals surface area contributed by atoms with Gasteiger partial charge in [0.15, 0.2) is 0 Å². The molecule has 2 N–H and O–H groups in total. The van der Waals surface area contributed by atoms with Gasteiger partial charge in [-0.05, 0) is 25.0 Å². The molecule has 0 aliphatic heterocycles. The molecule has 1 aliphatic carbocycles. The molecule has 0 bridgehead atoms. The first kappa shape index (κ1) is 12.8. The summed E-state index contributed by atoms with van der Waals surface area (Å²) in [4.78, 5) is 18.9. The number of hydrogen-bond donors (Lipinski definition) is 2.